The maximum atomic E-state index is 11.2. The molecule has 1 aliphatic carbocycles. The lowest BCUT2D eigenvalue weighted by atomic mass is 10.0. The lowest BCUT2D eigenvalue weighted by molar-refractivity contribution is 0.0696. The normalized spacial score (nSPS) is 14.2. The molecule has 0 aromatic carbocycles. The van der Waals surface area contributed by atoms with Crippen LogP contribution in [0.1, 0.15) is 34.6 Å². The van der Waals surface area contributed by atoms with Gasteiger partial charge in [-0.05, 0) is 31.7 Å². The number of carboxylic acid groups (broad SMARTS) is 1. The summed E-state index contributed by atoms with van der Waals surface area (Å²) in [7, 11) is 0. The number of aryl methyl sites for hydroxylation is 1. The smallest absolute Gasteiger partial charge is 0.339 e. The number of rotatable bonds is 2. The minimum atomic E-state index is -1.00. The fourth-order valence-corrected chi connectivity index (χ4v) is 2.32. The number of aromatic nitrogens is 4. The van der Waals surface area contributed by atoms with Crippen LogP contribution in [0.15, 0.2) is 18.6 Å². The first-order valence-corrected chi connectivity index (χ1v) is 5.88. The predicted molar refractivity (Wildman–Crippen MR) is 62.8 cm³/mol. The summed E-state index contributed by atoms with van der Waals surface area (Å²) in [5, 5.41) is 16.9. The second kappa shape index (κ2) is 4.21. The Balaban J connectivity index is 2.15. The van der Waals surface area contributed by atoms with Crippen molar-refractivity contribution in [3.8, 4) is 5.82 Å². The van der Waals surface area contributed by atoms with Gasteiger partial charge in [0.05, 0.1) is 11.9 Å². The summed E-state index contributed by atoms with van der Waals surface area (Å²) in [4.78, 5) is 15.5. The number of fused-ring (bicyclic) bond motifs is 1. The van der Waals surface area contributed by atoms with E-state index in [0.717, 1.165) is 37.1 Å². The Kier molecular flexibility index (Phi) is 2.55. The molecular weight excluding hydrogens is 232 g/mol. The zero-order chi connectivity index (χ0) is 12.5. The quantitative estimate of drug-likeness (QED) is 0.859. The topological polar surface area (TPSA) is 80.9 Å². The van der Waals surface area contributed by atoms with Crippen molar-refractivity contribution in [3.63, 3.8) is 0 Å². The fourth-order valence-electron chi connectivity index (χ4n) is 2.32. The van der Waals surface area contributed by atoms with Gasteiger partial charge in [0.15, 0.2) is 5.82 Å². The number of imidazole rings is 1. The average molecular weight is 244 g/mol. The van der Waals surface area contributed by atoms with E-state index >= 15 is 0 Å². The summed E-state index contributed by atoms with van der Waals surface area (Å²) in [5.41, 5.74) is 2.25. The van der Waals surface area contributed by atoms with E-state index in [-0.39, 0.29) is 5.56 Å². The predicted octanol–water partition coefficient (Wildman–Crippen LogP) is 1.24. The van der Waals surface area contributed by atoms with E-state index < -0.39 is 5.97 Å². The first-order chi connectivity index (χ1) is 8.77. The molecule has 0 unspecified atom stereocenters. The van der Waals surface area contributed by atoms with Crippen LogP contribution in [0.2, 0.25) is 0 Å². The Morgan fingerprint density at radius 3 is 3.00 bits per heavy atom. The number of hydrogen-bond donors (Lipinski definition) is 1. The maximum Gasteiger partial charge on any atom is 0.339 e. The average Bonchev–Trinajstić information content (AvgIpc) is 2.82. The van der Waals surface area contributed by atoms with Gasteiger partial charge in [0.25, 0.3) is 0 Å². The Hall–Kier alpha value is -2.24. The SMILES string of the molecule is O=C(O)c1ccnnc1-n1cnc2c1CCCC2. The molecule has 0 amide bonds. The van der Waals surface area contributed by atoms with Gasteiger partial charge in [0, 0.05) is 5.69 Å². The maximum absolute atomic E-state index is 11.2. The highest BCUT2D eigenvalue weighted by atomic mass is 16.4. The van der Waals surface area contributed by atoms with Gasteiger partial charge in [-0.2, -0.15) is 5.10 Å². The zero-order valence-corrected chi connectivity index (χ0v) is 9.70. The molecule has 0 atom stereocenters. The van der Waals surface area contributed by atoms with Crippen molar-refractivity contribution in [2.45, 2.75) is 25.7 Å². The van der Waals surface area contributed by atoms with E-state index in [0.29, 0.717) is 5.82 Å². The molecule has 2 aromatic heterocycles. The van der Waals surface area contributed by atoms with Crippen LogP contribution >= 0.6 is 0 Å². The molecule has 0 spiro atoms. The summed E-state index contributed by atoms with van der Waals surface area (Å²) in [6.07, 6.45) is 7.12. The minimum Gasteiger partial charge on any atom is -0.478 e. The number of carboxylic acids is 1. The molecule has 0 saturated carbocycles. The lowest BCUT2D eigenvalue weighted by Gasteiger charge is -2.13. The molecular formula is C12H12N4O2. The van der Waals surface area contributed by atoms with Crippen LogP contribution in [0, 0.1) is 0 Å². The molecule has 2 aromatic rings. The molecule has 6 nitrogen and oxygen atoms in total. The lowest BCUT2D eigenvalue weighted by Crippen LogP contribution is -2.12. The van der Waals surface area contributed by atoms with E-state index in [1.165, 1.54) is 12.3 Å². The zero-order valence-electron chi connectivity index (χ0n) is 9.70. The van der Waals surface area contributed by atoms with Crippen LogP contribution in [0.25, 0.3) is 5.82 Å². The highest BCUT2D eigenvalue weighted by molar-refractivity contribution is 5.90. The molecule has 0 fully saturated rings. The van der Waals surface area contributed by atoms with Crippen molar-refractivity contribution in [1.29, 1.82) is 0 Å². The molecule has 0 aliphatic heterocycles. The number of carbonyl (C=O) groups is 1. The van der Waals surface area contributed by atoms with Crippen LogP contribution in [-0.4, -0.2) is 30.8 Å². The van der Waals surface area contributed by atoms with Crippen LogP contribution in [-0.2, 0) is 12.8 Å². The number of aromatic carboxylic acids is 1. The molecule has 0 bridgehead atoms. The van der Waals surface area contributed by atoms with E-state index in [2.05, 4.69) is 15.2 Å². The Labute approximate surface area is 103 Å². The Morgan fingerprint density at radius 2 is 2.17 bits per heavy atom. The molecule has 1 aliphatic rings. The summed E-state index contributed by atoms with van der Waals surface area (Å²) in [6.45, 7) is 0. The molecule has 0 saturated heterocycles. The van der Waals surface area contributed by atoms with E-state index in [9.17, 15) is 4.79 Å². The first-order valence-electron chi connectivity index (χ1n) is 5.88. The largest absolute Gasteiger partial charge is 0.478 e. The van der Waals surface area contributed by atoms with E-state index in [4.69, 9.17) is 5.11 Å². The van der Waals surface area contributed by atoms with Crippen LogP contribution in [0.5, 0.6) is 0 Å². The van der Waals surface area contributed by atoms with Crippen molar-refractivity contribution in [2.24, 2.45) is 0 Å². The molecule has 0 radical (unpaired) electrons. The van der Waals surface area contributed by atoms with E-state index in [1.54, 1.807) is 10.9 Å². The Bertz CT molecular complexity index is 606. The van der Waals surface area contributed by atoms with Gasteiger partial charge < -0.3 is 5.11 Å². The second-order valence-corrected chi connectivity index (χ2v) is 4.29. The third-order valence-corrected chi connectivity index (χ3v) is 3.19. The summed E-state index contributed by atoms with van der Waals surface area (Å²) in [5.74, 6) is -0.654. The highest BCUT2D eigenvalue weighted by Crippen LogP contribution is 2.23. The van der Waals surface area contributed by atoms with Gasteiger partial charge in [-0.15, -0.1) is 5.10 Å². The minimum absolute atomic E-state index is 0.149. The van der Waals surface area contributed by atoms with Crippen LogP contribution in [0.3, 0.4) is 0 Å². The molecule has 18 heavy (non-hydrogen) atoms. The molecule has 1 N–H and O–H groups in total. The van der Waals surface area contributed by atoms with Crippen LogP contribution < -0.4 is 0 Å². The molecule has 92 valence electrons. The summed E-state index contributed by atoms with van der Waals surface area (Å²) in [6, 6.07) is 1.46. The Morgan fingerprint density at radius 1 is 1.33 bits per heavy atom. The van der Waals surface area contributed by atoms with Gasteiger partial charge in [0.2, 0.25) is 0 Å². The van der Waals surface area contributed by atoms with Crippen molar-refractivity contribution in [2.75, 3.05) is 0 Å². The van der Waals surface area contributed by atoms with Gasteiger partial charge >= 0.3 is 5.97 Å². The van der Waals surface area contributed by atoms with E-state index in [1.807, 2.05) is 0 Å². The van der Waals surface area contributed by atoms with Crippen molar-refractivity contribution >= 4 is 5.97 Å². The number of nitrogens with zero attached hydrogens (tertiary/aromatic N) is 4. The summed E-state index contributed by atoms with van der Waals surface area (Å²) < 4.78 is 1.75. The molecule has 3 rings (SSSR count). The second-order valence-electron chi connectivity index (χ2n) is 4.29. The highest BCUT2D eigenvalue weighted by Gasteiger charge is 2.20. The molecule has 2 heterocycles. The third kappa shape index (κ3) is 1.66. The van der Waals surface area contributed by atoms with Gasteiger partial charge in [-0.1, -0.05) is 0 Å². The monoisotopic (exact) mass is 244 g/mol. The first kappa shape index (κ1) is 10.9. The third-order valence-electron chi connectivity index (χ3n) is 3.19. The van der Waals surface area contributed by atoms with Crippen molar-refractivity contribution in [1.82, 2.24) is 19.7 Å². The number of hydrogen-bond acceptors (Lipinski definition) is 4. The van der Waals surface area contributed by atoms with Gasteiger partial charge in [-0.3, -0.25) is 4.57 Å². The van der Waals surface area contributed by atoms with Crippen molar-refractivity contribution < 1.29 is 9.90 Å². The molecule has 6 heteroatoms. The standard InChI is InChI=1S/C12H12N4O2/c17-12(18)8-5-6-14-15-11(8)16-7-13-9-3-1-2-4-10(9)16/h5-7H,1-4H2,(H,17,18). The summed E-state index contributed by atoms with van der Waals surface area (Å²) >= 11 is 0. The van der Waals surface area contributed by atoms with Gasteiger partial charge in [0.1, 0.15) is 11.9 Å². The van der Waals surface area contributed by atoms with Crippen LogP contribution in [0.4, 0.5) is 0 Å². The van der Waals surface area contributed by atoms with Gasteiger partial charge in [-0.25, -0.2) is 9.78 Å². The fraction of sp³-hybridized carbons (Fsp3) is 0.333. The van der Waals surface area contributed by atoms with Crippen molar-refractivity contribution in [3.05, 3.63) is 35.5 Å².